The summed E-state index contributed by atoms with van der Waals surface area (Å²) in [7, 11) is 3.05. The monoisotopic (exact) mass is 520 g/mol. The van der Waals surface area contributed by atoms with Gasteiger partial charge in [-0.25, -0.2) is 0 Å². The Hall–Kier alpha value is -0.692. The van der Waals surface area contributed by atoms with E-state index in [4.69, 9.17) is 39.3 Å². The Labute approximate surface area is 165 Å². The number of methoxy groups -OCH3 is 2. The van der Waals surface area contributed by atoms with Crippen LogP contribution in [0.2, 0.25) is 0 Å². The molecule has 0 bridgehead atoms. The molecule has 0 unspecified atom stereocenters. The molecule has 5 radical (unpaired) electrons. The maximum atomic E-state index is 7.50. The van der Waals surface area contributed by atoms with E-state index in [-0.39, 0.29) is 40.8 Å². The fraction of sp³-hybridized carbons (Fsp3) is 0.412. The third-order valence-electron chi connectivity index (χ3n) is 1.94. The van der Waals surface area contributed by atoms with E-state index in [9.17, 15) is 0 Å². The van der Waals surface area contributed by atoms with Crippen LogP contribution in [0.25, 0.3) is 0 Å². The zero-order valence-corrected chi connectivity index (χ0v) is 17.2. The van der Waals surface area contributed by atoms with Gasteiger partial charge in [0, 0.05) is 14.2 Å². The molecule has 7 nitrogen and oxygen atoms in total. The van der Waals surface area contributed by atoms with Gasteiger partial charge in [-0.15, -0.1) is 0 Å². The van der Waals surface area contributed by atoms with Gasteiger partial charge in [0.15, 0.2) is 0 Å². The predicted octanol–water partition coefficient (Wildman–Crippen LogP) is 1.48. The molecule has 8 heteroatoms. The van der Waals surface area contributed by atoms with Crippen molar-refractivity contribution < 1.29 is 54.0 Å². The van der Waals surface area contributed by atoms with Crippen molar-refractivity contribution in [3.63, 3.8) is 0 Å². The molecule has 0 aliphatic heterocycles. The SMILES string of the molecule is [C-]#C[C@H](OCOC)[C@H](C)OCOC.[C-]#[O+].[C-]#[O+].[C-]#[O+].[CH]1[CH][CH][CH][CH]1.[W+2]. The van der Waals surface area contributed by atoms with E-state index in [0.717, 1.165) is 0 Å². The maximum absolute atomic E-state index is 7.50. The average molecular weight is 520 g/mol. The van der Waals surface area contributed by atoms with Crippen molar-refractivity contribution in [1.82, 2.24) is 0 Å². The summed E-state index contributed by atoms with van der Waals surface area (Å²) in [6, 6.07) is 0. The van der Waals surface area contributed by atoms with Gasteiger partial charge in [-0.1, -0.05) is 0 Å². The van der Waals surface area contributed by atoms with E-state index in [1.54, 1.807) is 6.92 Å². The molecule has 0 amide bonds. The predicted molar refractivity (Wildman–Crippen MR) is 79.6 cm³/mol. The minimum absolute atomic E-state index is 0. The number of hydrogen-bond acceptors (Lipinski definition) is 4. The molecule has 135 valence electrons. The summed E-state index contributed by atoms with van der Waals surface area (Å²) in [6.45, 7) is 15.6. The van der Waals surface area contributed by atoms with Crippen LogP contribution in [0.5, 0.6) is 0 Å². The summed E-state index contributed by atoms with van der Waals surface area (Å²) < 4.78 is 42.2. The Balaban J connectivity index is -0.0000000920. The van der Waals surface area contributed by atoms with Crippen molar-refractivity contribution in [2.45, 2.75) is 19.1 Å². The smallest absolute Gasteiger partial charge is 0.0312 e. The summed E-state index contributed by atoms with van der Waals surface area (Å²) in [5.74, 6) is 2.21. The quantitative estimate of drug-likeness (QED) is 0.220. The molecule has 1 fully saturated rings. The number of ether oxygens (including phenoxy) is 4. The minimum Gasteiger partial charge on any atom is -0.0312 e. The molecule has 1 aliphatic rings. The molecular weight excluding hydrogens is 500 g/mol. The van der Waals surface area contributed by atoms with Crippen LogP contribution in [-0.4, -0.2) is 40.0 Å². The second-order valence-corrected chi connectivity index (χ2v) is 3.38. The van der Waals surface area contributed by atoms with Crippen molar-refractivity contribution in [2.75, 3.05) is 27.8 Å². The van der Waals surface area contributed by atoms with Gasteiger partial charge < -0.3 is 31.3 Å². The third kappa shape index (κ3) is 31.6. The van der Waals surface area contributed by atoms with E-state index < -0.39 is 6.10 Å². The van der Waals surface area contributed by atoms with Crippen LogP contribution < -0.4 is 0 Å². The van der Waals surface area contributed by atoms with Crippen molar-refractivity contribution in [3.05, 3.63) is 58.5 Å². The van der Waals surface area contributed by atoms with Gasteiger partial charge in [-0.2, -0.15) is 0 Å². The Morgan fingerprint density at radius 1 is 0.800 bits per heavy atom. The molecule has 0 saturated heterocycles. The van der Waals surface area contributed by atoms with Crippen LogP contribution in [0.1, 0.15) is 6.92 Å². The number of hydrogen-bond donors (Lipinski definition) is 0. The fourth-order valence-electron chi connectivity index (χ4n) is 1.02. The van der Waals surface area contributed by atoms with E-state index in [1.165, 1.54) is 14.2 Å². The van der Waals surface area contributed by atoms with E-state index in [0.29, 0.717) is 0 Å². The van der Waals surface area contributed by atoms with E-state index in [2.05, 4.69) is 25.9 Å². The Morgan fingerprint density at radius 2 is 1.12 bits per heavy atom. The van der Waals surface area contributed by atoms with Crippen molar-refractivity contribution in [2.24, 2.45) is 0 Å². The molecule has 1 rings (SSSR count). The van der Waals surface area contributed by atoms with Gasteiger partial charge >= 0.3 is 55.0 Å². The standard InChI is InChI=1S/C9H15O4.C5H5.3CO.W/c1-5-9(13-7-11-4)8(2)12-6-10-3;1-2-4-5-3-1;3*1-2;/h8-9H,6-7H2,2-4H3;1-5H;;;;/q-1;;;;;+2/t8-,9-;;;;;/m0...../s1. The van der Waals surface area contributed by atoms with E-state index >= 15 is 0 Å². The van der Waals surface area contributed by atoms with Gasteiger partial charge in [0.25, 0.3) is 0 Å². The maximum Gasteiger partial charge on any atom is 2.00 e. The third-order valence-corrected chi connectivity index (χ3v) is 1.94. The first-order chi connectivity index (χ1) is 11.8. The van der Waals surface area contributed by atoms with Gasteiger partial charge in [0.05, 0.1) is 6.10 Å². The molecule has 1 saturated carbocycles. The normalized spacial score (nSPS) is 12.8. The molecular formula is C17H20O7W+. The van der Waals surface area contributed by atoms with Crippen molar-refractivity contribution in [1.29, 1.82) is 0 Å². The van der Waals surface area contributed by atoms with Gasteiger partial charge in [0.1, 0.15) is 19.7 Å². The zero-order valence-electron chi connectivity index (χ0n) is 14.2. The fourth-order valence-corrected chi connectivity index (χ4v) is 1.02. The number of rotatable bonds is 7. The Bertz CT molecular complexity index is 297. The molecule has 25 heavy (non-hydrogen) atoms. The van der Waals surface area contributed by atoms with Gasteiger partial charge in [0.2, 0.25) is 0 Å². The van der Waals surface area contributed by atoms with Gasteiger partial charge in [-0.05, 0) is 39.0 Å². The van der Waals surface area contributed by atoms with Crippen LogP contribution in [0.15, 0.2) is 0 Å². The molecule has 0 heterocycles. The molecule has 0 aromatic carbocycles. The first-order valence-corrected chi connectivity index (χ1v) is 6.17. The summed E-state index contributed by atoms with van der Waals surface area (Å²) in [4.78, 5) is 0. The zero-order chi connectivity index (χ0) is 19.6. The van der Waals surface area contributed by atoms with Crippen molar-refractivity contribution in [3.8, 4) is 5.92 Å². The molecule has 0 N–H and O–H groups in total. The van der Waals surface area contributed by atoms with Crippen LogP contribution in [0.4, 0.5) is 0 Å². The Morgan fingerprint density at radius 3 is 1.40 bits per heavy atom. The molecule has 0 aromatic heterocycles. The first kappa shape index (κ1) is 35.4. The Kier molecular flexibility index (Phi) is 54.9. The molecule has 0 aromatic rings. The molecule has 0 spiro atoms. The van der Waals surface area contributed by atoms with E-state index in [1.807, 2.05) is 32.1 Å². The second kappa shape index (κ2) is 38.7. The largest absolute Gasteiger partial charge is 2.00 e. The minimum atomic E-state index is -0.518. The summed E-state index contributed by atoms with van der Waals surface area (Å²) in [5.41, 5.74) is 0. The van der Waals surface area contributed by atoms with Gasteiger partial charge in [-0.3, -0.25) is 0 Å². The van der Waals surface area contributed by atoms with Crippen LogP contribution in [0.3, 0.4) is 0 Å². The summed E-state index contributed by atoms with van der Waals surface area (Å²) in [6.07, 6.45) is 16.2. The average Bonchev–Trinajstić information content (AvgIpc) is 3.25. The first-order valence-electron chi connectivity index (χ1n) is 6.17. The van der Waals surface area contributed by atoms with Crippen LogP contribution in [0, 0.1) is 64.4 Å². The summed E-state index contributed by atoms with van der Waals surface area (Å²) in [5, 5.41) is 0. The second-order valence-electron chi connectivity index (χ2n) is 3.38. The topological polar surface area (TPSA) is 96.6 Å². The molecule has 2 atom stereocenters. The van der Waals surface area contributed by atoms with Crippen molar-refractivity contribution >= 4 is 0 Å². The molecule has 1 aliphatic carbocycles. The van der Waals surface area contributed by atoms with Crippen LogP contribution in [-0.2, 0) is 54.0 Å². The van der Waals surface area contributed by atoms with Crippen LogP contribution >= 0.6 is 0 Å². The summed E-state index contributed by atoms with van der Waals surface area (Å²) >= 11 is 0.